The molecule has 0 aromatic heterocycles. The zero-order chi connectivity index (χ0) is 23.5. The fourth-order valence-corrected chi connectivity index (χ4v) is 6.01. The van der Waals surface area contributed by atoms with Gasteiger partial charge in [-0.1, -0.05) is 43.5 Å². The van der Waals surface area contributed by atoms with Crippen LogP contribution in [0.2, 0.25) is 0 Å². The molecular weight excluding hydrogens is 424 g/mol. The van der Waals surface area contributed by atoms with Gasteiger partial charge >= 0.3 is 0 Å². The first kappa shape index (κ1) is 23.1. The molecule has 2 fully saturated rings. The number of benzene rings is 2. The van der Waals surface area contributed by atoms with Gasteiger partial charge in [-0.15, -0.1) is 0 Å². The second-order valence-corrected chi connectivity index (χ2v) is 10.2. The highest BCUT2D eigenvalue weighted by Gasteiger charge is 2.31. The molecule has 1 aliphatic carbocycles. The molecule has 2 heterocycles. The molecule has 1 atom stereocenters. The van der Waals surface area contributed by atoms with Gasteiger partial charge in [-0.05, 0) is 69.5 Å². The number of carbonyl (C=O) groups is 2. The third-order valence-corrected chi connectivity index (χ3v) is 7.74. The van der Waals surface area contributed by atoms with Crippen LogP contribution in [0.3, 0.4) is 0 Å². The molecule has 180 valence electrons. The van der Waals surface area contributed by atoms with Gasteiger partial charge in [0, 0.05) is 19.1 Å². The minimum Gasteiger partial charge on any atom is -0.320 e. The summed E-state index contributed by atoms with van der Waals surface area (Å²) in [5.41, 5.74) is 2.58. The molecule has 6 nitrogen and oxygen atoms in total. The van der Waals surface area contributed by atoms with Gasteiger partial charge in [0.25, 0.3) is 5.91 Å². The average Bonchev–Trinajstić information content (AvgIpc) is 2.98. The molecule has 0 spiro atoms. The maximum absolute atomic E-state index is 13.8. The molecule has 0 bridgehead atoms. The number of anilines is 3. The van der Waals surface area contributed by atoms with E-state index in [1.54, 1.807) is 11.0 Å². The summed E-state index contributed by atoms with van der Waals surface area (Å²) in [4.78, 5) is 33.2. The van der Waals surface area contributed by atoms with Gasteiger partial charge in [-0.3, -0.25) is 19.4 Å². The lowest BCUT2D eigenvalue weighted by Crippen LogP contribution is -2.46. The SMILES string of the molecule is CN(CC1CCCN(CC(=O)N2c3ccccc3NC(=O)c3ccccc32)C1)C1CCCCC1. The van der Waals surface area contributed by atoms with E-state index in [0.29, 0.717) is 29.4 Å². The third kappa shape index (κ3) is 4.89. The predicted octanol–water partition coefficient (Wildman–Crippen LogP) is 4.89. The summed E-state index contributed by atoms with van der Waals surface area (Å²) in [6.45, 7) is 3.38. The van der Waals surface area contributed by atoms with Gasteiger partial charge in [-0.25, -0.2) is 0 Å². The van der Waals surface area contributed by atoms with Crippen molar-refractivity contribution in [3.8, 4) is 0 Å². The summed E-state index contributed by atoms with van der Waals surface area (Å²) in [6, 6.07) is 15.7. The summed E-state index contributed by atoms with van der Waals surface area (Å²) in [5, 5.41) is 2.97. The number of fused-ring (bicyclic) bond motifs is 2. The normalized spacial score (nSPS) is 21.5. The standard InChI is InChI=1S/C28H36N4O2/c1-30(22-11-3-2-4-12-22)18-21-10-9-17-31(19-21)20-27(33)32-25-15-7-5-13-23(25)28(34)29-24-14-6-8-16-26(24)32/h5-8,13-16,21-22H,2-4,9-12,17-20H2,1H3,(H,29,34). The van der Waals surface area contributed by atoms with Crippen LogP contribution in [0.15, 0.2) is 48.5 Å². The molecule has 0 radical (unpaired) electrons. The summed E-state index contributed by atoms with van der Waals surface area (Å²) in [5.74, 6) is 0.431. The van der Waals surface area contributed by atoms with Crippen LogP contribution in [0.4, 0.5) is 17.1 Å². The van der Waals surface area contributed by atoms with E-state index in [2.05, 4.69) is 22.2 Å². The molecule has 2 aromatic rings. The van der Waals surface area contributed by atoms with E-state index in [9.17, 15) is 9.59 Å². The number of hydrogen-bond acceptors (Lipinski definition) is 4. The lowest BCUT2D eigenvalue weighted by molar-refractivity contribution is -0.119. The molecule has 1 saturated heterocycles. The van der Waals surface area contributed by atoms with E-state index in [1.807, 2.05) is 42.5 Å². The number of piperidine rings is 1. The topological polar surface area (TPSA) is 55.9 Å². The monoisotopic (exact) mass is 460 g/mol. The Bertz CT molecular complexity index is 1030. The first-order valence-corrected chi connectivity index (χ1v) is 12.8. The molecule has 1 saturated carbocycles. The first-order chi connectivity index (χ1) is 16.6. The zero-order valence-corrected chi connectivity index (χ0v) is 20.2. The number of hydrogen-bond donors (Lipinski definition) is 1. The lowest BCUT2D eigenvalue weighted by Gasteiger charge is -2.38. The number of amides is 2. The quantitative estimate of drug-likeness (QED) is 0.690. The van der Waals surface area contributed by atoms with Crippen molar-refractivity contribution in [2.24, 2.45) is 5.92 Å². The number of nitrogens with zero attached hydrogens (tertiary/aromatic N) is 3. The van der Waals surface area contributed by atoms with Crippen molar-refractivity contribution in [3.05, 3.63) is 54.1 Å². The fourth-order valence-electron chi connectivity index (χ4n) is 6.01. The van der Waals surface area contributed by atoms with E-state index in [1.165, 1.54) is 38.5 Å². The van der Waals surface area contributed by atoms with E-state index in [-0.39, 0.29) is 11.8 Å². The van der Waals surface area contributed by atoms with Crippen molar-refractivity contribution < 1.29 is 9.59 Å². The molecule has 34 heavy (non-hydrogen) atoms. The number of likely N-dealkylation sites (tertiary alicyclic amines) is 1. The summed E-state index contributed by atoms with van der Waals surface area (Å²) in [6.07, 6.45) is 9.11. The molecule has 2 amide bonds. The van der Waals surface area contributed by atoms with Crippen LogP contribution in [0.5, 0.6) is 0 Å². The minimum atomic E-state index is -0.179. The van der Waals surface area contributed by atoms with Crippen LogP contribution in [0.1, 0.15) is 55.3 Å². The highest BCUT2D eigenvalue weighted by Crippen LogP contribution is 2.38. The number of rotatable bonds is 5. The Kier molecular flexibility index (Phi) is 6.97. The Morgan fingerprint density at radius 2 is 1.71 bits per heavy atom. The van der Waals surface area contributed by atoms with E-state index in [0.717, 1.165) is 37.8 Å². The van der Waals surface area contributed by atoms with Gasteiger partial charge in [-0.2, -0.15) is 0 Å². The van der Waals surface area contributed by atoms with Crippen LogP contribution in [-0.2, 0) is 4.79 Å². The number of para-hydroxylation sites is 3. The maximum atomic E-state index is 13.8. The van der Waals surface area contributed by atoms with Gasteiger partial charge in [0.05, 0.1) is 29.2 Å². The molecule has 1 unspecified atom stereocenters. The predicted molar refractivity (Wildman–Crippen MR) is 137 cm³/mol. The molecule has 2 aliphatic heterocycles. The highest BCUT2D eigenvalue weighted by molar-refractivity contribution is 6.17. The van der Waals surface area contributed by atoms with Crippen molar-refractivity contribution in [1.82, 2.24) is 9.80 Å². The summed E-state index contributed by atoms with van der Waals surface area (Å²) < 4.78 is 0. The number of carbonyl (C=O) groups excluding carboxylic acids is 2. The van der Waals surface area contributed by atoms with Crippen LogP contribution in [-0.4, -0.2) is 60.9 Å². The van der Waals surface area contributed by atoms with E-state index < -0.39 is 0 Å². The van der Waals surface area contributed by atoms with Crippen LogP contribution >= 0.6 is 0 Å². The van der Waals surface area contributed by atoms with Crippen LogP contribution < -0.4 is 10.2 Å². The molecule has 1 N–H and O–H groups in total. The lowest BCUT2D eigenvalue weighted by atomic mass is 9.92. The van der Waals surface area contributed by atoms with E-state index in [4.69, 9.17) is 0 Å². The smallest absolute Gasteiger partial charge is 0.257 e. The highest BCUT2D eigenvalue weighted by atomic mass is 16.2. The van der Waals surface area contributed by atoms with Crippen molar-refractivity contribution >= 4 is 28.9 Å². The summed E-state index contributed by atoms with van der Waals surface area (Å²) in [7, 11) is 2.29. The first-order valence-electron chi connectivity index (χ1n) is 12.8. The maximum Gasteiger partial charge on any atom is 0.257 e. The molecule has 3 aliphatic rings. The molecule has 5 rings (SSSR count). The Balaban J connectivity index is 1.31. The Morgan fingerprint density at radius 3 is 2.53 bits per heavy atom. The van der Waals surface area contributed by atoms with Gasteiger partial charge in [0.15, 0.2) is 0 Å². The largest absolute Gasteiger partial charge is 0.320 e. The van der Waals surface area contributed by atoms with Gasteiger partial charge in [0.2, 0.25) is 5.91 Å². The van der Waals surface area contributed by atoms with Gasteiger partial charge < -0.3 is 10.2 Å². The second kappa shape index (κ2) is 10.3. The molecule has 2 aromatic carbocycles. The number of nitrogens with one attached hydrogen (secondary N) is 1. The van der Waals surface area contributed by atoms with Crippen LogP contribution in [0.25, 0.3) is 0 Å². The average molecular weight is 461 g/mol. The third-order valence-electron chi connectivity index (χ3n) is 7.74. The molecular formula is C28H36N4O2. The Hall–Kier alpha value is -2.70. The van der Waals surface area contributed by atoms with Crippen LogP contribution in [0, 0.1) is 5.92 Å². The summed E-state index contributed by atoms with van der Waals surface area (Å²) >= 11 is 0. The van der Waals surface area contributed by atoms with Crippen molar-refractivity contribution in [1.29, 1.82) is 0 Å². The van der Waals surface area contributed by atoms with Crippen molar-refractivity contribution in [3.63, 3.8) is 0 Å². The minimum absolute atomic E-state index is 0.0117. The Labute approximate surface area is 202 Å². The Morgan fingerprint density at radius 1 is 0.971 bits per heavy atom. The van der Waals surface area contributed by atoms with E-state index >= 15 is 0 Å². The molecule has 6 heteroatoms. The zero-order valence-electron chi connectivity index (χ0n) is 20.2. The van der Waals surface area contributed by atoms with Crippen molar-refractivity contribution in [2.45, 2.75) is 51.0 Å². The second-order valence-electron chi connectivity index (χ2n) is 10.2. The fraction of sp³-hybridized carbons (Fsp3) is 0.500. The van der Waals surface area contributed by atoms with Crippen molar-refractivity contribution in [2.75, 3.05) is 43.4 Å². The van der Waals surface area contributed by atoms with Gasteiger partial charge in [0.1, 0.15) is 0 Å².